The molecule has 1 N–H and O–H groups in total. The third-order valence-corrected chi connectivity index (χ3v) is 3.08. The normalized spacial score (nSPS) is 27.1. The number of hydrogen-bond donors (Lipinski definition) is 1. The van der Waals surface area contributed by atoms with Crippen LogP contribution in [0.15, 0.2) is 22.1 Å². The summed E-state index contributed by atoms with van der Waals surface area (Å²) in [4.78, 5) is 8.85. The average molecular weight is 251 g/mol. The average Bonchev–Trinajstić information content (AvgIpc) is 2.85. The van der Waals surface area contributed by atoms with Crippen LogP contribution in [0, 0.1) is 5.41 Å². The molecule has 0 fully saturated rings. The van der Waals surface area contributed by atoms with Crippen molar-refractivity contribution in [1.82, 2.24) is 5.32 Å². The molecule has 2 heterocycles. The molecule has 0 saturated heterocycles. The first-order valence-corrected chi connectivity index (χ1v) is 6.20. The Bertz CT molecular complexity index is 407. The van der Waals surface area contributed by atoms with Crippen molar-refractivity contribution in [3.8, 4) is 0 Å². The Balaban J connectivity index is 1.96. The Morgan fingerprint density at radius 2 is 1.83 bits per heavy atom. The lowest BCUT2D eigenvalue weighted by molar-refractivity contribution is 0.231. The number of nitrogens with zero attached hydrogens (tertiary/aromatic N) is 2. The van der Waals surface area contributed by atoms with Crippen LogP contribution >= 0.6 is 0 Å². The number of nitrogens with one attached hydrogen (secondary N) is 1. The van der Waals surface area contributed by atoms with Gasteiger partial charge in [-0.2, -0.15) is 0 Å². The summed E-state index contributed by atoms with van der Waals surface area (Å²) in [6.07, 6.45) is 0. The maximum Gasteiger partial charge on any atom is 0.293 e. The van der Waals surface area contributed by atoms with Crippen LogP contribution in [-0.2, 0) is 9.47 Å². The molecule has 2 rings (SSSR count). The number of rotatable bonds is 1. The topological polar surface area (TPSA) is 55.2 Å². The summed E-state index contributed by atoms with van der Waals surface area (Å²) in [5.41, 5.74) is 1.09. The van der Waals surface area contributed by atoms with Crippen molar-refractivity contribution in [3.05, 3.63) is 12.2 Å². The fraction of sp³-hybridized carbons (Fsp3) is 0.692. The van der Waals surface area contributed by atoms with E-state index in [1.807, 2.05) is 6.92 Å². The van der Waals surface area contributed by atoms with Crippen LogP contribution in [-0.4, -0.2) is 37.3 Å². The molecule has 0 saturated carbocycles. The summed E-state index contributed by atoms with van der Waals surface area (Å²) >= 11 is 0. The zero-order chi connectivity index (χ0) is 13.3. The van der Waals surface area contributed by atoms with Gasteiger partial charge in [0.25, 0.3) is 12.0 Å². The molecule has 2 aliphatic heterocycles. The minimum Gasteiger partial charge on any atom is -0.463 e. The highest BCUT2D eigenvalue weighted by Crippen LogP contribution is 2.25. The van der Waals surface area contributed by atoms with E-state index in [-0.39, 0.29) is 17.5 Å². The largest absolute Gasteiger partial charge is 0.463 e. The molecule has 0 aromatic heterocycles. The molecule has 0 aromatic carbocycles. The highest BCUT2D eigenvalue weighted by atomic mass is 16.5. The number of ether oxygens (including phenoxy) is 2. The van der Waals surface area contributed by atoms with Gasteiger partial charge in [-0.15, -0.1) is 0 Å². The molecule has 0 spiro atoms. The van der Waals surface area contributed by atoms with Gasteiger partial charge >= 0.3 is 0 Å². The van der Waals surface area contributed by atoms with Gasteiger partial charge < -0.3 is 9.47 Å². The standard InChI is InChI=1S/C13H21N3O2/c1-8(2)9-6-17-11(14-9)16-12-15-10(7-18-12)13(3,4)5/h9-10H,1,6-7H2,2-5H3,(H,14,15,16)/t9-,10-/m1/s1. The smallest absolute Gasteiger partial charge is 0.293 e. The van der Waals surface area contributed by atoms with E-state index in [1.165, 1.54) is 0 Å². The molecule has 18 heavy (non-hydrogen) atoms. The van der Waals surface area contributed by atoms with Gasteiger partial charge in [0.15, 0.2) is 0 Å². The summed E-state index contributed by atoms with van der Waals surface area (Å²) in [6, 6.07) is 1.17. The van der Waals surface area contributed by atoms with E-state index < -0.39 is 0 Å². The zero-order valence-corrected chi connectivity index (χ0v) is 11.5. The fourth-order valence-corrected chi connectivity index (χ4v) is 1.67. The van der Waals surface area contributed by atoms with Crippen molar-refractivity contribution in [2.45, 2.75) is 39.8 Å². The molecule has 2 aliphatic rings. The van der Waals surface area contributed by atoms with E-state index in [1.54, 1.807) is 0 Å². The van der Waals surface area contributed by atoms with Crippen molar-refractivity contribution >= 4 is 12.0 Å². The summed E-state index contributed by atoms with van der Waals surface area (Å²) in [5, 5.41) is 2.98. The van der Waals surface area contributed by atoms with Gasteiger partial charge in [-0.05, 0) is 12.3 Å². The van der Waals surface area contributed by atoms with E-state index in [4.69, 9.17) is 9.47 Å². The summed E-state index contributed by atoms with van der Waals surface area (Å²) in [5.74, 6) is 0. The highest BCUT2D eigenvalue weighted by molar-refractivity contribution is 5.94. The number of aliphatic imine (C=N–C) groups is 2. The van der Waals surface area contributed by atoms with Crippen LogP contribution in [0.3, 0.4) is 0 Å². The van der Waals surface area contributed by atoms with Crippen LogP contribution in [0.1, 0.15) is 27.7 Å². The van der Waals surface area contributed by atoms with Gasteiger partial charge in [0.05, 0.1) is 6.04 Å². The van der Waals surface area contributed by atoms with E-state index in [9.17, 15) is 0 Å². The van der Waals surface area contributed by atoms with Gasteiger partial charge in [0.2, 0.25) is 0 Å². The monoisotopic (exact) mass is 251 g/mol. The maximum absolute atomic E-state index is 5.51. The fourth-order valence-electron chi connectivity index (χ4n) is 1.67. The lowest BCUT2D eigenvalue weighted by atomic mass is 9.88. The SMILES string of the molecule is C=C(C)[C@H]1COC(NC2=N[C@@H](C(C)(C)C)CO2)=N1. The van der Waals surface area contributed by atoms with E-state index in [2.05, 4.69) is 42.7 Å². The third-order valence-electron chi connectivity index (χ3n) is 3.08. The summed E-state index contributed by atoms with van der Waals surface area (Å²) in [6.45, 7) is 13.4. The summed E-state index contributed by atoms with van der Waals surface area (Å²) < 4.78 is 10.9. The first kappa shape index (κ1) is 12.9. The molecule has 100 valence electrons. The van der Waals surface area contributed by atoms with Crippen LogP contribution in [0.5, 0.6) is 0 Å². The molecule has 0 aliphatic carbocycles. The van der Waals surface area contributed by atoms with Crippen molar-refractivity contribution in [1.29, 1.82) is 0 Å². The minimum absolute atomic E-state index is 0.0351. The molecule has 0 radical (unpaired) electrons. The number of amidine groups is 2. The molecular weight excluding hydrogens is 230 g/mol. The van der Waals surface area contributed by atoms with Gasteiger partial charge in [-0.25, -0.2) is 9.98 Å². The second-order valence-electron chi connectivity index (χ2n) is 5.86. The lowest BCUT2D eigenvalue weighted by Gasteiger charge is -2.21. The third kappa shape index (κ3) is 2.83. The molecule has 0 unspecified atom stereocenters. The van der Waals surface area contributed by atoms with Crippen molar-refractivity contribution in [2.24, 2.45) is 15.4 Å². The van der Waals surface area contributed by atoms with Gasteiger partial charge in [0.1, 0.15) is 19.3 Å². The summed E-state index contributed by atoms with van der Waals surface area (Å²) in [7, 11) is 0. The molecular formula is C13H21N3O2. The minimum atomic E-state index is 0.0351. The second-order valence-corrected chi connectivity index (χ2v) is 5.86. The first-order valence-electron chi connectivity index (χ1n) is 6.20. The second kappa shape index (κ2) is 4.63. The highest BCUT2D eigenvalue weighted by Gasteiger charge is 2.31. The quantitative estimate of drug-likeness (QED) is 0.722. The van der Waals surface area contributed by atoms with Gasteiger partial charge in [0, 0.05) is 0 Å². The zero-order valence-electron chi connectivity index (χ0n) is 11.5. The predicted octanol–water partition coefficient (Wildman–Crippen LogP) is 1.71. The van der Waals surface area contributed by atoms with E-state index in [0.717, 1.165) is 5.57 Å². The van der Waals surface area contributed by atoms with Crippen LogP contribution in [0.4, 0.5) is 0 Å². The molecule has 0 amide bonds. The molecule has 5 nitrogen and oxygen atoms in total. The number of hydrogen-bond acceptors (Lipinski definition) is 5. The Morgan fingerprint density at radius 3 is 2.33 bits per heavy atom. The maximum atomic E-state index is 5.51. The molecule has 0 aromatic rings. The molecule has 2 atom stereocenters. The van der Waals surface area contributed by atoms with E-state index >= 15 is 0 Å². The van der Waals surface area contributed by atoms with Gasteiger partial charge in [-0.1, -0.05) is 32.9 Å². The first-order chi connectivity index (χ1) is 8.36. The lowest BCUT2D eigenvalue weighted by Crippen LogP contribution is -2.30. The van der Waals surface area contributed by atoms with Gasteiger partial charge in [-0.3, -0.25) is 5.32 Å². The molecule has 0 bridgehead atoms. The van der Waals surface area contributed by atoms with Crippen molar-refractivity contribution in [2.75, 3.05) is 13.2 Å². The van der Waals surface area contributed by atoms with E-state index in [0.29, 0.717) is 25.3 Å². The van der Waals surface area contributed by atoms with Crippen LogP contribution < -0.4 is 5.32 Å². The Morgan fingerprint density at radius 1 is 1.22 bits per heavy atom. The Kier molecular flexibility index (Phi) is 3.32. The Hall–Kier alpha value is -1.52. The van der Waals surface area contributed by atoms with Crippen molar-refractivity contribution in [3.63, 3.8) is 0 Å². The molecule has 5 heteroatoms. The predicted molar refractivity (Wildman–Crippen MR) is 71.8 cm³/mol. The van der Waals surface area contributed by atoms with Crippen LogP contribution in [0.2, 0.25) is 0 Å². The van der Waals surface area contributed by atoms with Crippen LogP contribution in [0.25, 0.3) is 0 Å². The Labute approximate surface area is 108 Å². The van der Waals surface area contributed by atoms with Crippen molar-refractivity contribution < 1.29 is 9.47 Å².